The molecule has 1 heterocycles. The van der Waals surface area contributed by atoms with Crippen molar-refractivity contribution >= 4 is 35.1 Å². The summed E-state index contributed by atoms with van der Waals surface area (Å²) in [5.41, 5.74) is 2.04. The first-order chi connectivity index (χ1) is 12.4. The van der Waals surface area contributed by atoms with Crippen LogP contribution in [0.15, 0.2) is 18.2 Å². The van der Waals surface area contributed by atoms with E-state index in [2.05, 4.69) is 16.1 Å². The molecule has 0 atom stereocenters. The zero-order valence-electron chi connectivity index (χ0n) is 14.4. The van der Waals surface area contributed by atoms with Gasteiger partial charge in [-0.1, -0.05) is 30.9 Å². The van der Waals surface area contributed by atoms with Crippen LogP contribution < -0.4 is 20.8 Å². The lowest BCUT2D eigenvalue weighted by molar-refractivity contribution is -0.139. The highest BCUT2D eigenvalue weighted by Gasteiger charge is 2.52. The molecular weight excluding hydrogens is 360 g/mol. The molecule has 1 aromatic rings. The van der Waals surface area contributed by atoms with Crippen molar-refractivity contribution in [3.8, 4) is 5.75 Å². The van der Waals surface area contributed by atoms with Gasteiger partial charge in [-0.05, 0) is 31.0 Å². The van der Waals surface area contributed by atoms with E-state index >= 15 is 0 Å². The highest BCUT2D eigenvalue weighted by Crippen LogP contribution is 2.33. The fraction of sp³-hybridized carbons (Fsp3) is 0.471. The molecule has 0 aromatic heterocycles. The van der Waals surface area contributed by atoms with Crippen molar-refractivity contribution in [3.63, 3.8) is 0 Å². The van der Waals surface area contributed by atoms with Gasteiger partial charge < -0.3 is 15.4 Å². The summed E-state index contributed by atoms with van der Waals surface area (Å²) in [6.07, 6.45) is 4.00. The molecule has 1 spiro atoms. The van der Waals surface area contributed by atoms with Gasteiger partial charge in [0.1, 0.15) is 11.3 Å². The number of carbonyl (C=O) groups is 3. The van der Waals surface area contributed by atoms with Crippen LogP contribution in [0.4, 0.5) is 10.5 Å². The van der Waals surface area contributed by atoms with Crippen LogP contribution in [0.25, 0.3) is 0 Å². The fourth-order valence-electron chi connectivity index (χ4n) is 3.37. The van der Waals surface area contributed by atoms with Gasteiger partial charge in [-0.15, -0.1) is 0 Å². The molecule has 1 aromatic carbocycles. The highest BCUT2D eigenvalue weighted by molar-refractivity contribution is 6.31. The molecule has 9 heteroatoms. The molecular formula is C17H21ClN4O4. The molecule has 26 heavy (non-hydrogen) atoms. The minimum Gasteiger partial charge on any atom is -0.495 e. The third-order valence-corrected chi connectivity index (χ3v) is 4.94. The minimum atomic E-state index is -0.869. The third kappa shape index (κ3) is 3.55. The summed E-state index contributed by atoms with van der Waals surface area (Å²) in [4.78, 5) is 36.9. The van der Waals surface area contributed by atoms with Crippen molar-refractivity contribution in [2.45, 2.75) is 37.6 Å². The molecule has 140 valence electrons. The molecule has 2 aliphatic rings. The first-order valence-electron chi connectivity index (χ1n) is 8.49. The van der Waals surface area contributed by atoms with Gasteiger partial charge in [0.25, 0.3) is 11.8 Å². The topological polar surface area (TPSA) is 99.8 Å². The lowest BCUT2D eigenvalue weighted by Crippen LogP contribution is -2.51. The van der Waals surface area contributed by atoms with Crippen LogP contribution in [-0.2, 0) is 9.59 Å². The Kier molecular flexibility index (Phi) is 5.22. The van der Waals surface area contributed by atoms with Crippen molar-refractivity contribution < 1.29 is 19.1 Å². The Morgan fingerprint density at radius 2 is 2.04 bits per heavy atom. The predicted octanol–water partition coefficient (Wildman–Crippen LogP) is 2.05. The van der Waals surface area contributed by atoms with E-state index in [4.69, 9.17) is 16.3 Å². The zero-order chi connectivity index (χ0) is 18.7. The summed E-state index contributed by atoms with van der Waals surface area (Å²) in [6, 6.07) is 4.37. The Labute approximate surface area is 156 Å². The van der Waals surface area contributed by atoms with Crippen LogP contribution in [0, 0.1) is 0 Å². The van der Waals surface area contributed by atoms with Gasteiger partial charge >= 0.3 is 6.03 Å². The van der Waals surface area contributed by atoms with E-state index in [0.29, 0.717) is 29.3 Å². The lowest BCUT2D eigenvalue weighted by atomic mass is 9.82. The quantitative estimate of drug-likeness (QED) is 0.679. The van der Waals surface area contributed by atoms with Crippen LogP contribution >= 0.6 is 11.6 Å². The smallest absolute Gasteiger partial charge is 0.344 e. The molecule has 4 amide bonds. The number of nitrogens with zero attached hydrogens (tertiary/aromatic N) is 1. The Bertz CT molecular complexity index is 733. The van der Waals surface area contributed by atoms with E-state index in [-0.39, 0.29) is 6.54 Å². The monoisotopic (exact) mass is 380 g/mol. The number of ether oxygens (including phenoxy) is 1. The molecule has 2 fully saturated rings. The number of anilines is 1. The maximum atomic E-state index is 12.6. The molecule has 3 N–H and O–H groups in total. The number of rotatable bonds is 5. The van der Waals surface area contributed by atoms with Crippen molar-refractivity contribution in [2.24, 2.45) is 0 Å². The number of hydrazine groups is 1. The van der Waals surface area contributed by atoms with Crippen LogP contribution in [0.3, 0.4) is 0 Å². The highest BCUT2D eigenvalue weighted by atomic mass is 35.5. The van der Waals surface area contributed by atoms with Crippen molar-refractivity contribution in [3.05, 3.63) is 23.2 Å². The third-order valence-electron chi connectivity index (χ3n) is 4.71. The number of hydrogen-bond acceptors (Lipinski definition) is 5. The molecule has 8 nitrogen and oxygen atoms in total. The van der Waals surface area contributed by atoms with Gasteiger partial charge in [0.05, 0.1) is 19.3 Å². The summed E-state index contributed by atoms with van der Waals surface area (Å²) < 4.78 is 5.19. The standard InChI is InChI=1S/C17H21ClN4O4/c1-26-13-6-5-11(18)9-12(13)19-10-14(23)21-22-15(24)17(20-16(22)25)7-3-2-4-8-17/h5-6,9,19H,2-4,7-8,10H2,1H3,(H,20,25)(H,21,23). The number of benzene rings is 1. The van der Waals surface area contributed by atoms with Crippen LogP contribution in [-0.4, -0.2) is 42.0 Å². The average Bonchev–Trinajstić information content (AvgIpc) is 2.85. The van der Waals surface area contributed by atoms with E-state index in [9.17, 15) is 14.4 Å². The maximum Gasteiger partial charge on any atom is 0.344 e. The number of urea groups is 1. The van der Waals surface area contributed by atoms with Gasteiger partial charge in [-0.25, -0.2) is 4.79 Å². The Balaban J connectivity index is 1.61. The molecule has 0 radical (unpaired) electrons. The number of carbonyl (C=O) groups excluding carboxylic acids is 3. The Morgan fingerprint density at radius 3 is 2.73 bits per heavy atom. The summed E-state index contributed by atoms with van der Waals surface area (Å²) >= 11 is 5.95. The first kappa shape index (κ1) is 18.3. The number of methoxy groups -OCH3 is 1. The Hall–Kier alpha value is -2.48. The number of hydrogen-bond donors (Lipinski definition) is 3. The van der Waals surface area contributed by atoms with Gasteiger partial charge in [0.15, 0.2) is 0 Å². The van der Waals surface area contributed by atoms with Crippen molar-refractivity contribution in [2.75, 3.05) is 19.0 Å². The number of halogens is 1. The first-order valence-corrected chi connectivity index (χ1v) is 8.86. The fourth-order valence-corrected chi connectivity index (χ4v) is 3.55. The van der Waals surface area contributed by atoms with E-state index in [1.165, 1.54) is 7.11 Å². The number of imide groups is 1. The molecule has 3 rings (SSSR count). The average molecular weight is 381 g/mol. The zero-order valence-corrected chi connectivity index (χ0v) is 15.2. The Morgan fingerprint density at radius 1 is 1.31 bits per heavy atom. The SMILES string of the molecule is COc1ccc(Cl)cc1NCC(=O)NN1C(=O)NC2(CCCCC2)C1=O. The normalized spacial score (nSPS) is 18.6. The lowest BCUT2D eigenvalue weighted by Gasteiger charge is -2.30. The van der Waals surface area contributed by atoms with Gasteiger partial charge in [0, 0.05) is 5.02 Å². The van der Waals surface area contributed by atoms with E-state index in [1.54, 1.807) is 18.2 Å². The summed E-state index contributed by atoms with van der Waals surface area (Å²) in [5.74, 6) is -0.391. The van der Waals surface area contributed by atoms with Gasteiger partial charge in [-0.3, -0.25) is 15.0 Å². The van der Waals surface area contributed by atoms with Gasteiger partial charge in [0.2, 0.25) is 0 Å². The van der Waals surface area contributed by atoms with E-state index in [0.717, 1.165) is 24.3 Å². The van der Waals surface area contributed by atoms with E-state index < -0.39 is 23.4 Å². The summed E-state index contributed by atoms with van der Waals surface area (Å²) in [5, 5.41) is 6.90. The van der Waals surface area contributed by atoms with E-state index in [1.807, 2.05) is 0 Å². The second kappa shape index (κ2) is 7.41. The predicted molar refractivity (Wildman–Crippen MR) is 95.8 cm³/mol. The molecule has 1 aliphatic heterocycles. The molecule has 0 bridgehead atoms. The van der Waals surface area contributed by atoms with Crippen LogP contribution in [0.1, 0.15) is 32.1 Å². The van der Waals surface area contributed by atoms with Gasteiger partial charge in [-0.2, -0.15) is 5.01 Å². The second-order valence-corrected chi connectivity index (χ2v) is 6.88. The number of nitrogens with one attached hydrogen (secondary N) is 3. The van der Waals surface area contributed by atoms with Crippen molar-refractivity contribution in [1.82, 2.24) is 15.8 Å². The molecule has 1 saturated heterocycles. The molecule has 1 saturated carbocycles. The molecule has 1 aliphatic carbocycles. The number of amides is 4. The maximum absolute atomic E-state index is 12.6. The second-order valence-electron chi connectivity index (χ2n) is 6.45. The largest absolute Gasteiger partial charge is 0.495 e. The van der Waals surface area contributed by atoms with Crippen LogP contribution in [0.5, 0.6) is 5.75 Å². The minimum absolute atomic E-state index is 0.152. The van der Waals surface area contributed by atoms with Crippen molar-refractivity contribution in [1.29, 1.82) is 0 Å². The van der Waals surface area contributed by atoms with Crippen LogP contribution in [0.2, 0.25) is 5.02 Å². The summed E-state index contributed by atoms with van der Waals surface area (Å²) in [7, 11) is 1.51. The summed E-state index contributed by atoms with van der Waals surface area (Å²) in [6.45, 7) is -0.152. The molecule has 0 unspecified atom stereocenters.